The van der Waals surface area contributed by atoms with Gasteiger partial charge in [-0.1, -0.05) is 12.2 Å². The lowest BCUT2D eigenvalue weighted by atomic mass is 10.1. The maximum absolute atomic E-state index is 11.3. The van der Waals surface area contributed by atoms with Crippen molar-refractivity contribution in [2.75, 3.05) is 19.8 Å². The summed E-state index contributed by atoms with van der Waals surface area (Å²) in [6.07, 6.45) is 0. The molecule has 3 N–H and O–H groups in total. The molecule has 0 rings (SSSR count). The molecular formula is C10H20N2O2. The van der Waals surface area contributed by atoms with Crippen molar-refractivity contribution in [1.29, 1.82) is 0 Å². The van der Waals surface area contributed by atoms with Gasteiger partial charge in [-0.05, 0) is 20.8 Å². The number of ether oxygens (including phenoxy) is 1. The zero-order valence-corrected chi connectivity index (χ0v) is 9.22. The van der Waals surface area contributed by atoms with Gasteiger partial charge >= 0.3 is 0 Å². The number of amides is 1. The van der Waals surface area contributed by atoms with Gasteiger partial charge in [0.05, 0.1) is 18.8 Å². The lowest BCUT2D eigenvalue weighted by Crippen LogP contribution is -2.49. The van der Waals surface area contributed by atoms with E-state index in [0.717, 1.165) is 5.57 Å². The van der Waals surface area contributed by atoms with Crippen LogP contribution in [-0.2, 0) is 9.53 Å². The van der Waals surface area contributed by atoms with Gasteiger partial charge in [-0.3, -0.25) is 4.79 Å². The lowest BCUT2D eigenvalue weighted by Gasteiger charge is -2.17. The standard InChI is InChI=1S/C10H20N2O2/c1-8(2)7-14-6-5-12-9(13)10(3,4)11/h1,5-7,11H2,2-4H3,(H,12,13). The van der Waals surface area contributed by atoms with E-state index in [1.165, 1.54) is 0 Å². The minimum absolute atomic E-state index is 0.170. The van der Waals surface area contributed by atoms with Gasteiger partial charge in [0.2, 0.25) is 5.91 Å². The van der Waals surface area contributed by atoms with E-state index in [2.05, 4.69) is 11.9 Å². The summed E-state index contributed by atoms with van der Waals surface area (Å²) in [6.45, 7) is 10.4. The van der Waals surface area contributed by atoms with E-state index in [0.29, 0.717) is 19.8 Å². The first-order valence-electron chi connectivity index (χ1n) is 4.63. The molecule has 0 saturated heterocycles. The second-order valence-corrected chi connectivity index (χ2v) is 3.99. The van der Waals surface area contributed by atoms with Crippen LogP contribution in [0, 0.1) is 0 Å². The summed E-state index contributed by atoms with van der Waals surface area (Å²) in [4.78, 5) is 11.3. The van der Waals surface area contributed by atoms with Crippen molar-refractivity contribution in [2.24, 2.45) is 5.73 Å². The van der Waals surface area contributed by atoms with E-state index in [-0.39, 0.29) is 5.91 Å². The Kier molecular flexibility index (Phi) is 5.42. The molecule has 0 saturated carbocycles. The van der Waals surface area contributed by atoms with E-state index in [1.807, 2.05) is 6.92 Å². The highest BCUT2D eigenvalue weighted by Gasteiger charge is 2.20. The number of nitrogens with two attached hydrogens (primary N) is 1. The average molecular weight is 200 g/mol. The predicted octanol–water partition coefficient (Wildman–Crippen LogP) is 0.433. The van der Waals surface area contributed by atoms with Gasteiger partial charge in [0.25, 0.3) is 0 Å². The molecular weight excluding hydrogens is 180 g/mol. The van der Waals surface area contributed by atoms with Gasteiger partial charge in [-0.25, -0.2) is 0 Å². The van der Waals surface area contributed by atoms with Gasteiger partial charge in [0.1, 0.15) is 0 Å². The Hall–Kier alpha value is -0.870. The van der Waals surface area contributed by atoms with E-state index >= 15 is 0 Å². The fourth-order valence-electron chi connectivity index (χ4n) is 0.711. The van der Waals surface area contributed by atoms with Crippen molar-refractivity contribution in [2.45, 2.75) is 26.3 Å². The molecule has 0 aromatic heterocycles. The molecule has 0 aromatic rings. The fourth-order valence-corrected chi connectivity index (χ4v) is 0.711. The summed E-state index contributed by atoms with van der Waals surface area (Å²) in [5.41, 5.74) is 5.72. The first-order valence-corrected chi connectivity index (χ1v) is 4.63. The molecule has 0 atom stereocenters. The number of carbonyl (C=O) groups excluding carboxylic acids is 1. The van der Waals surface area contributed by atoms with Crippen molar-refractivity contribution >= 4 is 5.91 Å². The molecule has 0 aliphatic rings. The molecule has 82 valence electrons. The highest BCUT2D eigenvalue weighted by atomic mass is 16.5. The second-order valence-electron chi connectivity index (χ2n) is 3.99. The van der Waals surface area contributed by atoms with Crippen LogP contribution in [0.5, 0.6) is 0 Å². The van der Waals surface area contributed by atoms with Crippen molar-refractivity contribution < 1.29 is 9.53 Å². The highest BCUT2D eigenvalue weighted by molar-refractivity contribution is 5.84. The Morgan fingerprint density at radius 1 is 1.57 bits per heavy atom. The van der Waals surface area contributed by atoms with Crippen molar-refractivity contribution in [3.05, 3.63) is 12.2 Å². The summed E-state index contributed by atoms with van der Waals surface area (Å²) in [5.74, 6) is -0.170. The molecule has 1 amide bonds. The molecule has 0 aliphatic carbocycles. The number of nitrogens with one attached hydrogen (secondary N) is 1. The number of carbonyl (C=O) groups is 1. The zero-order valence-electron chi connectivity index (χ0n) is 9.22. The molecule has 0 fully saturated rings. The minimum atomic E-state index is -0.825. The molecule has 4 heteroatoms. The van der Waals surface area contributed by atoms with Crippen LogP contribution >= 0.6 is 0 Å². The Labute approximate surface area is 85.5 Å². The molecule has 0 unspecified atom stereocenters. The topological polar surface area (TPSA) is 64.3 Å². The number of rotatable bonds is 6. The molecule has 14 heavy (non-hydrogen) atoms. The van der Waals surface area contributed by atoms with Gasteiger partial charge in [-0.15, -0.1) is 0 Å². The first-order chi connectivity index (χ1) is 6.34. The largest absolute Gasteiger partial charge is 0.375 e. The molecule has 0 bridgehead atoms. The summed E-state index contributed by atoms with van der Waals surface area (Å²) in [5, 5.41) is 2.68. The van der Waals surface area contributed by atoms with Crippen LogP contribution in [0.25, 0.3) is 0 Å². The lowest BCUT2D eigenvalue weighted by molar-refractivity contribution is -0.125. The Morgan fingerprint density at radius 3 is 2.57 bits per heavy atom. The van der Waals surface area contributed by atoms with Gasteiger partial charge in [0.15, 0.2) is 0 Å². The summed E-state index contributed by atoms with van der Waals surface area (Å²) in [6, 6.07) is 0. The maximum atomic E-state index is 11.3. The zero-order chi connectivity index (χ0) is 11.2. The van der Waals surface area contributed by atoms with Crippen LogP contribution in [0.4, 0.5) is 0 Å². The molecule has 0 spiro atoms. The van der Waals surface area contributed by atoms with Crippen LogP contribution in [0.15, 0.2) is 12.2 Å². The number of hydrogen-bond donors (Lipinski definition) is 2. The second kappa shape index (κ2) is 5.78. The first kappa shape index (κ1) is 13.1. The summed E-state index contributed by atoms with van der Waals surface area (Å²) in [7, 11) is 0. The quantitative estimate of drug-likeness (QED) is 0.483. The summed E-state index contributed by atoms with van der Waals surface area (Å²) < 4.78 is 5.20. The van der Waals surface area contributed by atoms with Gasteiger partial charge < -0.3 is 15.8 Å². The molecule has 0 aromatic carbocycles. The van der Waals surface area contributed by atoms with Gasteiger partial charge in [-0.2, -0.15) is 0 Å². The van der Waals surface area contributed by atoms with Crippen molar-refractivity contribution in [3.63, 3.8) is 0 Å². The van der Waals surface area contributed by atoms with E-state index in [9.17, 15) is 4.79 Å². The van der Waals surface area contributed by atoms with E-state index in [1.54, 1.807) is 13.8 Å². The van der Waals surface area contributed by atoms with Crippen LogP contribution < -0.4 is 11.1 Å². The highest BCUT2D eigenvalue weighted by Crippen LogP contribution is 1.94. The molecule has 0 aliphatic heterocycles. The minimum Gasteiger partial charge on any atom is -0.375 e. The van der Waals surface area contributed by atoms with Crippen LogP contribution in [0.3, 0.4) is 0 Å². The van der Waals surface area contributed by atoms with Gasteiger partial charge in [0, 0.05) is 6.54 Å². The van der Waals surface area contributed by atoms with Crippen molar-refractivity contribution in [3.8, 4) is 0 Å². The van der Waals surface area contributed by atoms with Crippen LogP contribution in [-0.4, -0.2) is 31.2 Å². The Morgan fingerprint density at radius 2 is 2.14 bits per heavy atom. The molecule has 0 radical (unpaired) electrons. The van der Waals surface area contributed by atoms with Crippen LogP contribution in [0.1, 0.15) is 20.8 Å². The third-order valence-electron chi connectivity index (χ3n) is 1.47. The maximum Gasteiger partial charge on any atom is 0.239 e. The van der Waals surface area contributed by atoms with E-state index < -0.39 is 5.54 Å². The van der Waals surface area contributed by atoms with Crippen LogP contribution in [0.2, 0.25) is 0 Å². The average Bonchev–Trinajstić information content (AvgIpc) is 2.01. The van der Waals surface area contributed by atoms with Crippen molar-refractivity contribution in [1.82, 2.24) is 5.32 Å². The smallest absolute Gasteiger partial charge is 0.239 e. The monoisotopic (exact) mass is 200 g/mol. The third-order valence-corrected chi connectivity index (χ3v) is 1.47. The predicted molar refractivity (Wildman–Crippen MR) is 56.9 cm³/mol. The summed E-state index contributed by atoms with van der Waals surface area (Å²) >= 11 is 0. The Balaban J connectivity index is 3.46. The molecule has 4 nitrogen and oxygen atoms in total. The number of hydrogen-bond acceptors (Lipinski definition) is 3. The van der Waals surface area contributed by atoms with E-state index in [4.69, 9.17) is 10.5 Å². The normalized spacial score (nSPS) is 11.1. The Bertz CT molecular complexity index is 207. The fraction of sp³-hybridized carbons (Fsp3) is 0.700. The molecule has 0 heterocycles. The SMILES string of the molecule is C=C(C)COCCNC(=O)C(C)(C)N. The third kappa shape index (κ3) is 6.62.